The van der Waals surface area contributed by atoms with Crippen molar-refractivity contribution < 1.29 is 5.11 Å². The zero-order valence-corrected chi connectivity index (χ0v) is 9.52. The lowest BCUT2D eigenvalue weighted by Gasteiger charge is -2.27. The number of rotatable bonds is 3. The van der Waals surface area contributed by atoms with Gasteiger partial charge in [0.2, 0.25) is 0 Å². The summed E-state index contributed by atoms with van der Waals surface area (Å²) in [7, 11) is 0. The first kappa shape index (κ1) is 11.4. The van der Waals surface area contributed by atoms with Crippen LogP contribution in [0.2, 0.25) is 0 Å². The minimum Gasteiger partial charge on any atom is -0.392 e. The first-order valence-electron chi connectivity index (χ1n) is 6.00. The highest BCUT2D eigenvalue weighted by Gasteiger charge is 2.17. The number of aliphatic hydroxyl groups excluding tert-OH is 1. The molecule has 0 unspecified atom stereocenters. The van der Waals surface area contributed by atoms with Crippen LogP contribution in [0, 0.1) is 0 Å². The fourth-order valence-corrected chi connectivity index (χ4v) is 2.26. The number of aliphatic hydroxyl groups is 1. The number of hydrogen-bond acceptors (Lipinski definition) is 3. The number of nitrogens with two attached hydrogens (primary N) is 1. The van der Waals surface area contributed by atoms with E-state index in [2.05, 4.69) is 5.32 Å². The summed E-state index contributed by atoms with van der Waals surface area (Å²) in [5.74, 6) is 0. The highest BCUT2D eigenvalue weighted by Crippen LogP contribution is 2.21. The number of anilines is 1. The van der Waals surface area contributed by atoms with Gasteiger partial charge < -0.3 is 16.2 Å². The van der Waals surface area contributed by atoms with E-state index >= 15 is 0 Å². The molecule has 1 fully saturated rings. The lowest BCUT2D eigenvalue weighted by molar-refractivity contribution is 0.282. The van der Waals surface area contributed by atoms with E-state index in [-0.39, 0.29) is 6.61 Å². The Hall–Kier alpha value is -1.06. The summed E-state index contributed by atoms with van der Waals surface area (Å²) in [5, 5.41) is 12.6. The second-order valence-corrected chi connectivity index (χ2v) is 4.61. The Morgan fingerprint density at radius 1 is 1.25 bits per heavy atom. The molecular formula is C13H20N2O. The second kappa shape index (κ2) is 5.32. The van der Waals surface area contributed by atoms with Crippen molar-refractivity contribution in [3.8, 4) is 0 Å². The maximum Gasteiger partial charge on any atom is 0.0682 e. The van der Waals surface area contributed by atoms with Gasteiger partial charge in [-0.15, -0.1) is 0 Å². The van der Waals surface area contributed by atoms with Crippen molar-refractivity contribution in [2.75, 3.05) is 5.32 Å². The zero-order valence-electron chi connectivity index (χ0n) is 9.52. The molecule has 1 aliphatic rings. The van der Waals surface area contributed by atoms with Crippen molar-refractivity contribution >= 4 is 5.69 Å². The second-order valence-electron chi connectivity index (χ2n) is 4.61. The first-order valence-corrected chi connectivity index (χ1v) is 6.00. The van der Waals surface area contributed by atoms with Gasteiger partial charge in [0.05, 0.1) is 6.61 Å². The normalized spacial score (nSPS) is 25.4. The summed E-state index contributed by atoms with van der Waals surface area (Å²) in [6.45, 7) is 0.102. The summed E-state index contributed by atoms with van der Waals surface area (Å²) >= 11 is 0. The van der Waals surface area contributed by atoms with Crippen LogP contribution in [0.4, 0.5) is 5.69 Å². The SMILES string of the molecule is NC1CCC(Nc2cccc(CO)c2)CC1. The molecule has 0 radical (unpaired) electrons. The van der Waals surface area contributed by atoms with Crippen LogP contribution < -0.4 is 11.1 Å². The molecule has 0 saturated heterocycles. The van der Waals surface area contributed by atoms with Crippen LogP contribution in [0.25, 0.3) is 0 Å². The molecule has 16 heavy (non-hydrogen) atoms. The van der Waals surface area contributed by atoms with Crippen LogP contribution in [0.5, 0.6) is 0 Å². The molecule has 1 aromatic carbocycles. The summed E-state index contributed by atoms with van der Waals surface area (Å²) in [5.41, 5.74) is 7.93. The molecule has 0 atom stereocenters. The van der Waals surface area contributed by atoms with Gasteiger partial charge in [0, 0.05) is 17.8 Å². The van der Waals surface area contributed by atoms with Gasteiger partial charge in [0.15, 0.2) is 0 Å². The van der Waals surface area contributed by atoms with E-state index in [1.54, 1.807) is 0 Å². The molecule has 4 N–H and O–H groups in total. The Kier molecular flexibility index (Phi) is 3.80. The lowest BCUT2D eigenvalue weighted by atomic mass is 9.91. The fourth-order valence-electron chi connectivity index (χ4n) is 2.26. The Balaban J connectivity index is 1.93. The predicted molar refractivity (Wildman–Crippen MR) is 66.2 cm³/mol. The van der Waals surface area contributed by atoms with Gasteiger partial charge in [-0.05, 0) is 43.4 Å². The molecule has 0 aromatic heterocycles. The first-order chi connectivity index (χ1) is 7.78. The smallest absolute Gasteiger partial charge is 0.0682 e. The van der Waals surface area contributed by atoms with E-state index in [1.807, 2.05) is 24.3 Å². The third-order valence-corrected chi connectivity index (χ3v) is 3.25. The number of benzene rings is 1. The summed E-state index contributed by atoms with van der Waals surface area (Å²) in [6, 6.07) is 8.89. The summed E-state index contributed by atoms with van der Waals surface area (Å²) in [4.78, 5) is 0. The predicted octanol–water partition coefficient (Wildman–Crippen LogP) is 1.86. The van der Waals surface area contributed by atoms with Crippen LogP contribution in [0.3, 0.4) is 0 Å². The third kappa shape index (κ3) is 2.97. The van der Waals surface area contributed by atoms with Crippen molar-refractivity contribution in [2.24, 2.45) is 5.73 Å². The topological polar surface area (TPSA) is 58.3 Å². The standard InChI is InChI=1S/C13H20N2O/c14-11-4-6-12(7-5-11)15-13-3-1-2-10(8-13)9-16/h1-3,8,11-12,15-16H,4-7,9,14H2. The van der Waals surface area contributed by atoms with Gasteiger partial charge in [-0.3, -0.25) is 0 Å². The number of nitrogens with one attached hydrogen (secondary N) is 1. The Morgan fingerprint density at radius 2 is 2.00 bits per heavy atom. The van der Waals surface area contributed by atoms with Gasteiger partial charge in [0.25, 0.3) is 0 Å². The van der Waals surface area contributed by atoms with Crippen LogP contribution in [-0.4, -0.2) is 17.2 Å². The van der Waals surface area contributed by atoms with Crippen LogP contribution in [-0.2, 0) is 6.61 Å². The van der Waals surface area contributed by atoms with Crippen molar-refractivity contribution in [2.45, 2.75) is 44.4 Å². The fraction of sp³-hybridized carbons (Fsp3) is 0.538. The van der Waals surface area contributed by atoms with Gasteiger partial charge >= 0.3 is 0 Å². The monoisotopic (exact) mass is 220 g/mol. The van der Waals surface area contributed by atoms with Gasteiger partial charge in [0.1, 0.15) is 0 Å². The largest absolute Gasteiger partial charge is 0.392 e. The van der Waals surface area contributed by atoms with E-state index in [4.69, 9.17) is 10.8 Å². The molecule has 1 saturated carbocycles. The van der Waals surface area contributed by atoms with E-state index in [1.165, 1.54) is 0 Å². The Labute approximate surface area is 96.7 Å². The maximum absolute atomic E-state index is 9.06. The molecule has 2 rings (SSSR count). The molecule has 0 amide bonds. The van der Waals surface area contributed by atoms with Crippen LogP contribution in [0.1, 0.15) is 31.2 Å². The molecule has 3 heteroatoms. The Morgan fingerprint density at radius 3 is 2.69 bits per heavy atom. The van der Waals surface area contributed by atoms with Crippen LogP contribution >= 0.6 is 0 Å². The minimum absolute atomic E-state index is 0.102. The highest BCUT2D eigenvalue weighted by atomic mass is 16.3. The molecule has 0 aliphatic heterocycles. The third-order valence-electron chi connectivity index (χ3n) is 3.25. The van der Waals surface area contributed by atoms with E-state index < -0.39 is 0 Å². The quantitative estimate of drug-likeness (QED) is 0.728. The molecular weight excluding hydrogens is 200 g/mol. The maximum atomic E-state index is 9.06. The molecule has 0 spiro atoms. The molecule has 1 aromatic rings. The summed E-state index contributed by atoms with van der Waals surface area (Å²) < 4.78 is 0. The van der Waals surface area contributed by atoms with E-state index in [0.717, 1.165) is 36.9 Å². The molecule has 1 aliphatic carbocycles. The summed E-state index contributed by atoms with van der Waals surface area (Å²) in [6.07, 6.45) is 4.50. The van der Waals surface area contributed by atoms with Gasteiger partial charge in [-0.2, -0.15) is 0 Å². The molecule has 88 valence electrons. The van der Waals surface area contributed by atoms with Crippen LogP contribution in [0.15, 0.2) is 24.3 Å². The van der Waals surface area contributed by atoms with Crippen molar-refractivity contribution in [3.05, 3.63) is 29.8 Å². The molecule has 0 bridgehead atoms. The van der Waals surface area contributed by atoms with Crippen molar-refractivity contribution in [3.63, 3.8) is 0 Å². The van der Waals surface area contributed by atoms with Crippen molar-refractivity contribution in [1.82, 2.24) is 0 Å². The molecule has 3 nitrogen and oxygen atoms in total. The highest BCUT2D eigenvalue weighted by molar-refractivity contribution is 5.46. The number of hydrogen-bond donors (Lipinski definition) is 3. The van der Waals surface area contributed by atoms with Crippen molar-refractivity contribution in [1.29, 1.82) is 0 Å². The van der Waals surface area contributed by atoms with Gasteiger partial charge in [-0.25, -0.2) is 0 Å². The average molecular weight is 220 g/mol. The zero-order chi connectivity index (χ0) is 11.4. The van der Waals surface area contributed by atoms with E-state index in [0.29, 0.717) is 12.1 Å². The lowest BCUT2D eigenvalue weighted by Crippen LogP contribution is -2.32. The average Bonchev–Trinajstić information content (AvgIpc) is 2.32. The Bertz CT molecular complexity index is 332. The molecule has 0 heterocycles. The van der Waals surface area contributed by atoms with Gasteiger partial charge in [-0.1, -0.05) is 12.1 Å². The minimum atomic E-state index is 0.102. The van der Waals surface area contributed by atoms with E-state index in [9.17, 15) is 0 Å².